The van der Waals surface area contributed by atoms with Crippen molar-refractivity contribution in [2.45, 2.75) is 19.4 Å². The number of hydrogen-bond donors (Lipinski definition) is 2. The molecular weight excluding hydrogens is 306 g/mol. The maximum atomic E-state index is 11.7. The van der Waals surface area contributed by atoms with Gasteiger partial charge in [-0.2, -0.15) is 0 Å². The summed E-state index contributed by atoms with van der Waals surface area (Å²) in [6.07, 6.45) is 1.35. The summed E-state index contributed by atoms with van der Waals surface area (Å²) in [5, 5.41) is 3.34. The Balaban J connectivity index is 1.53. The van der Waals surface area contributed by atoms with E-state index in [1.54, 1.807) is 11.0 Å². The van der Waals surface area contributed by atoms with Crippen molar-refractivity contribution < 1.29 is 9.21 Å². The van der Waals surface area contributed by atoms with Crippen molar-refractivity contribution in [1.29, 1.82) is 0 Å². The maximum absolute atomic E-state index is 11.7. The molecule has 0 saturated carbocycles. The van der Waals surface area contributed by atoms with Gasteiger partial charge in [-0.1, -0.05) is 12.1 Å². The number of nitrogens with zero attached hydrogens (tertiary/aromatic N) is 1. The van der Waals surface area contributed by atoms with Gasteiger partial charge in [0, 0.05) is 31.4 Å². The number of carbonyl (C=O) groups is 1. The van der Waals surface area contributed by atoms with E-state index in [1.165, 1.54) is 5.56 Å². The first-order valence-corrected chi connectivity index (χ1v) is 7.85. The first-order valence-electron chi connectivity index (χ1n) is 7.85. The van der Waals surface area contributed by atoms with Crippen molar-refractivity contribution in [1.82, 2.24) is 4.98 Å². The molecule has 2 N–H and O–H groups in total. The Kier molecular flexibility index (Phi) is 3.37. The summed E-state index contributed by atoms with van der Waals surface area (Å²) in [5.41, 5.74) is 5.47. The SMILES string of the molecule is CN1C(=O)CCc2cc(CNc3ccc4oc(=O)[nH]c4c3)ccc21. The number of rotatable bonds is 3. The Labute approximate surface area is 138 Å². The molecule has 0 bridgehead atoms. The van der Waals surface area contributed by atoms with E-state index in [-0.39, 0.29) is 5.91 Å². The fourth-order valence-corrected chi connectivity index (χ4v) is 3.09. The van der Waals surface area contributed by atoms with E-state index < -0.39 is 5.76 Å². The number of aromatic nitrogens is 1. The topological polar surface area (TPSA) is 78.3 Å². The number of nitrogens with one attached hydrogen (secondary N) is 2. The highest BCUT2D eigenvalue weighted by Crippen LogP contribution is 2.28. The second-order valence-electron chi connectivity index (χ2n) is 5.99. The number of aromatic amines is 1. The molecular formula is C18H17N3O3. The minimum atomic E-state index is -0.449. The molecule has 2 heterocycles. The predicted octanol–water partition coefficient (Wildman–Crippen LogP) is 2.64. The lowest BCUT2D eigenvalue weighted by Gasteiger charge is -2.26. The number of hydrogen-bond acceptors (Lipinski definition) is 4. The number of aryl methyl sites for hydroxylation is 1. The molecule has 1 aromatic heterocycles. The van der Waals surface area contributed by atoms with Crippen LogP contribution in [0.5, 0.6) is 0 Å². The zero-order chi connectivity index (χ0) is 16.7. The molecule has 24 heavy (non-hydrogen) atoms. The van der Waals surface area contributed by atoms with Gasteiger partial charge in [-0.3, -0.25) is 9.78 Å². The van der Waals surface area contributed by atoms with Crippen LogP contribution in [0.1, 0.15) is 17.5 Å². The van der Waals surface area contributed by atoms with E-state index in [0.29, 0.717) is 24.1 Å². The molecule has 1 aliphatic rings. The van der Waals surface area contributed by atoms with Crippen molar-refractivity contribution in [2.24, 2.45) is 0 Å². The zero-order valence-corrected chi connectivity index (χ0v) is 13.3. The number of H-pyrrole nitrogens is 1. The van der Waals surface area contributed by atoms with Crippen LogP contribution in [-0.2, 0) is 17.8 Å². The number of carbonyl (C=O) groups excluding carboxylic acids is 1. The standard InChI is InChI=1S/C18H17N3O3/c1-21-15-5-2-11(8-12(15)3-7-17(21)22)10-19-13-4-6-16-14(9-13)20-18(23)24-16/h2,4-6,8-9,19H,3,7,10H2,1H3,(H,20,23). The van der Waals surface area contributed by atoms with Crippen molar-refractivity contribution >= 4 is 28.4 Å². The van der Waals surface area contributed by atoms with Crippen LogP contribution in [0.4, 0.5) is 11.4 Å². The summed E-state index contributed by atoms with van der Waals surface area (Å²) in [7, 11) is 1.82. The van der Waals surface area contributed by atoms with Gasteiger partial charge in [0.1, 0.15) is 0 Å². The van der Waals surface area contributed by atoms with Gasteiger partial charge in [-0.25, -0.2) is 4.79 Å². The maximum Gasteiger partial charge on any atom is 0.417 e. The molecule has 0 fully saturated rings. The lowest BCUT2D eigenvalue weighted by Crippen LogP contribution is -2.31. The highest BCUT2D eigenvalue weighted by atomic mass is 16.4. The quantitative estimate of drug-likeness (QED) is 0.777. The van der Waals surface area contributed by atoms with Crippen LogP contribution >= 0.6 is 0 Å². The summed E-state index contributed by atoms with van der Waals surface area (Å²) in [4.78, 5) is 27.3. The van der Waals surface area contributed by atoms with Gasteiger partial charge in [0.25, 0.3) is 0 Å². The molecule has 0 radical (unpaired) electrons. The monoisotopic (exact) mass is 323 g/mol. The van der Waals surface area contributed by atoms with E-state index in [0.717, 1.165) is 23.4 Å². The molecule has 2 aromatic carbocycles. The molecule has 1 amide bonds. The summed E-state index contributed by atoms with van der Waals surface area (Å²) < 4.78 is 5.00. The second-order valence-corrected chi connectivity index (χ2v) is 5.99. The molecule has 122 valence electrons. The third-order valence-corrected chi connectivity index (χ3v) is 4.40. The van der Waals surface area contributed by atoms with E-state index in [2.05, 4.69) is 16.4 Å². The Hall–Kier alpha value is -3.02. The number of benzene rings is 2. The van der Waals surface area contributed by atoms with E-state index >= 15 is 0 Å². The van der Waals surface area contributed by atoms with Crippen molar-refractivity contribution in [2.75, 3.05) is 17.3 Å². The zero-order valence-electron chi connectivity index (χ0n) is 13.3. The van der Waals surface area contributed by atoms with Crippen LogP contribution in [0.2, 0.25) is 0 Å². The number of anilines is 2. The molecule has 0 spiro atoms. The van der Waals surface area contributed by atoms with Crippen LogP contribution in [0.3, 0.4) is 0 Å². The summed E-state index contributed by atoms with van der Waals surface area (Å²) >= 11 is 0. The smallest absolute Gasteiger partial charge is 0.408 e. The number of fused-ring (bicyclic) bond motifs is 2. The highest BCUT2D eigenvalue weighted by Gasteiger charge is 2.20. The molecule has 6 heteroatoms. The van der Waals surface area contributed by atoms with Gasteiger partial charge < -0.3 is 14.6 Å². The molecule has 4 rings (SSSR count). The number of oxazole rings is 1. The Morgan fingerprint density at radius 2 is 2.04 bits per heavy atom. The number of amides is 1. The van der Waals surface area contributed by atoms with Crippen LogP contribution in [0, 0.1) is 0 Å². The largest absolute Gasteiger partial charge is 0.417 e. The summed E-state index contributed by atoms with van der Waals surface area (Å²) in [6, 6.07) is 11.7. The first kappa shape index (κ1) is 14.6. The molecule has 1 aliphatic heterocycles. The highest BCUT2D eigenvalue weighted by molar-refractivity contribution is 5.95. The van der Waals surface area contributed by atoms with Crippen molar-refractivity contribution in [3.05, 3.63) is 58.1 Å². The molecule has 0 unspecified atom stereocenters. The summed E-state index contributed by atoms with van der Waals surface area (Å²) in [6.45, 7) is 0.665. The average Bonchev–Trinajstić information content (AvgIpc) is 2.95. The van der Waals surface area contributed by atoms with Crippen LogP contribution in [0.25, 0.3) is 11.1 Å². The van der Waals surface area contributed by atoms with Gasteiger partial charge in [-0.05, 0) is 41.8 Å². The average molecular weight is 323 g/mol. The third-order valence-electron chi connectivity index (χ3n) is 4.40. The lowest BCUT2D eigenvalue weighted by molar-refractivity contribution is -0.118. The molecule has 0 atom stereocenters. The minimum Gasteiger partial charge on any atom is -0.408 e. The van der Waals surface area contributed by atoms with Gasteiger partial charge >= 0.3 is 5.76 Å². The molecule has 0 aliphatic carbocycles. The van der Waals surface area contributed by atoms with Gasteiger partial charge in [0.2, 0.25) is 5.91 Å². The normalized spacial score (nSPS) is 14.0. The minimum absolute atomic E-state index is 0.163. The fourth-order valence-electron chi connectivity index (χ4n) is 3.09. The Bertz CT molecular complexity index is 987. The Morgan fingerprint density at radius 3 is 2.92 bits per heavy atom. The van der Waals surface area contributed by atoms with E-state index in [1.807, 2.05) is 31.3 Å². The first-order chi connectivity index (χ1) is 11.6. The molecule has 6 nitrogen and oxygen atoms in total. The Morgan fingerprint density at radius 1 is 1.17 bits per heavy atom. The van der Waals surface area contributed by atoms with E-state index in [4.69, 9.17) is 4.42 Å². The van der Waals surface area contributed by atoms with Crippen LogP contribution in [0.15, 0.2) is 45.6 Å². The predicted molar refractivity (Wildman–Crippen MR) is 92.3 cm³/mol. The fraction of sp³-hybridized carbons (Fsp3) is 0.222. The van der Waals surface area contributed by atoms with Gasteiger partial charge in [0.05, 0.1) is 5.52 Å². The van der Waals surface area contributed by atoms with E-state index in [9.17, 15) is 9.59 Å². The van der Waals surface area contributed by atoms with Crippen LogP contribution < -0.4 is 16.0 Å². The molecule has 3 aromatic rings. The lowest BCUT2D eigenvalue weighted by atomic mass is 9.99. The second kappa shape index (κ2) is 5.56. The van der Waals surface area contributed by atoms with Gasteiger partial charge in [-0.15, -0.1) is 0 Å². The third kappa shape index (κ3) is 2.56. The molecule has 0 saturated heterocycles. The summed E-state index contributed by atoms with van der Waals surface area (Å²) in [5.74, 6) is -0.286. The van der Waals surface area contributed by atoms with Crippen molar-refractivity contribution in [3.8, 4) is 0 Å². The van der Waals surface area contributed by atoms with Crippen LogP contribution in [-0.4, -0.2) is 17.9 Å². The van der Waals surface area contributed by atoms with Gasteiger partial charge in [0.15, 0.2) is 5.58 Å². The van der Waals surface area contributed by atoms with Crippen molar-refractivity contribution in [3.63, 3.8) is 0 Å².